The summed E-state index contributed by atoms with van der Waals surface area (Å²) in [5.41, 5.74) is 1.43. The number of carbonyl (C=O) groups excluding carboxylic acids is 1. The zero-order valence-corrected chi connectivity index (χ0v) is 14.5. The molecule has 1 N–H and O–H groups in total. The summed E-state index contributed by atoms with van der Waals surface area (Å²) < 4.78 is 11.3. The van der Waals surface area contributed by atoms with Crippen molar-refractivity contribution in [1.29, 1.82) is 0 Å². The largest absolute Gasteiger partial charge is 0.491 e. The van der Waals surface area contributed by atoms with Crippen LogP contribution >= 0.6 is 11.8 Å². The second kappa shape index (κ2) is 8.22. The molecular weight excluding hydrogens is 322 g/mol. The molecule has 24 heavy (non-hydrogen) atoms. The molecule has 1 heterocycles. The molecule has 1 atom stereocenters. The summed E-state index contributed by atoms with van der Waals surface area (Å²) in [6, 6.07) is 15.0. The van der Waals surface area contributed by atoms with E-state index < -0.39 is 0 Å². The average Bonchev–Trinajstić information content (AvgIpc) is 3.14. The fourth-order valence-corrected chi connectivity index (χ4v) is 3.16. The molecule has 4 nitrogen and oxygen atoms in total. The molecule has 1 saturated heterocycles. The van der Waals surface area contributed by atoms with Crippen LogP contribution in [-0.2, 0) is 4.74 Å². The first-order valence-electron chi connectivity index (χ1n) is 8.05. The quantitative estimate of drug-likeness (QED) is 0.798. The maximum absolute atomic E-state index is 12.4. The predicted octanol–water partition coefficient (Wildman–Crippen LogP) is 4.22. The molecule has 1 aliphatic heterocycles. The van der Waals surface area contributed by atoms with Crippen molar-refractivity contribution >= 4 is 23.4 Å². The highest BCUT2D eigenvalue weighted by molar-refractivity contribution is 7.98. The summed E-state index contributed by atoms with van der Waals surface area (Å²) in [6.45, 7) is 1.39. The Hall–Kier alpha value is -1.98. The van der Waals surface area contributed by atoms with E-state index in [1.54, 1.807) is 23.9 Å². The fraction of sp³-hybridized carbons (Fsp3) is 0.316. The second-order valence-electron chi connectivity index (χ2n) is 5.62. The normalized spacial score (nSPS) is 16.8. The SMILES string of the molecule is CSc1ccccc1NC(=O)c1ccc(OC[C@H]2CCCO2)cc1. The molecule has 0 spiro atoms. The van der Waals surface area contributed by atoms with E-state index in [0.717, 1.165) is 35.8 Å². The summed E-state index contributed by atoms with van der Waals surface area (Å²) in [5, 5.41) is 2.95. The van der Waals surface area contributed by atoms with Crippen LogP contribution in [0.1, 0.15) is 23.2 Å². The molecule has 0 saturated carbocycles. The van der Waals surface area contributed by atoms with Gasteiger partial charge in [0.15, 0.2) is 0 Å². The van der Waals surface area contributed by atoms with Gasteiger partial charge >= 0.3 is 0 Å². The summed E-state index contributed by atoms with van der Waals surface area (Å²) in [4.78, 5) is 13.4. The van der Waals surface area contributed by atoms with Gasteiger partial charge in [-0.1, -0.05) is 12.1 Å². The molecule has 1 fully saturated rings. The first-order valence-corrected chi connectivity index (χ1v) is 9.27. The summed E-state index contributed by atoms with van der Waals surface area (Å²) in [6.07, 6.45) is 4.33. The molecule has 0 aromatic heterocycles. The molecule has 3 rings (SSSR count). The van der Waals surface area contributed by atoms with Gasteiger partial charge in [0.1, 0.15) is 12.4 Å². The molecule has 5 heteroatoms. The number of benzene rings is 2. The third-order valence-corrected chi connectivity index (χ3v) is 4.73. The number of rotatable bonds is 6. The van der Waals surface area contributed by atoms with Gasteiger partial charge in [-0.3, -0.25) is 4.79 Å². The van der Waals surface area contributed by atoms with Crippen LogP contribution in [-0.4, -0.2) is 31.5 Å². The van der Waals surface area contributed by atoms with E-state index in [1.807, 2.05) is 42.7 Å². The fourth-order valence-electron chi connectivity index (χ4n) is 2.61. The maximum Gasteiger partial charge on any atom is 0.255 e. The highest BCUT2D eigenvalue weighted by atomic mass is 32.2. The molecule has 2 aromatic rings. The number of amides is 1. The highest BCUT2D eigenvalue weighted by Crippen LogP contribution is 2.25. The third kappa shape index (κ3) is 4.30. The number of carbonyl (C=O) groups is 1. The Balaban J connectivity index is 1.59. The first-order chi connectivity index (χ1) is 11.8. The van der Waals surface area contributed by atoms with Crippen LogP contribution in [0.3, 0.4) is 0 Å². The molecule has 126 valence electrons. The predicted molar refractivity (Wildman–Crippen MR) is 97.1 cm³/mol. The lowest BCUT2D eigenvalue weighted by atomic mass is 10.2. The average molecular weight is 343 g/mol. The minimum atomic E-state index is -0.123. The van der Waals surface area contributed by atoms with Crippen molar-refractivity contribution in [2.75, 3.05) is 24.8 Å². The van der Waals surface area contributed by atoms with Gasteiger partial charge < -0.3 is 14.8 Å². The van der Waals surface area contributed by atoms with Crippen LogP contribution in [0.2, 0.25) is 0 Å². The number of thioether (sulfide) groups is 1. The standard InChI is InChI=1S/C19H21NO3S/c1-24-18-7-3-2-6-17(18)20-19(21)14-8-10-15(11-9-14)23-13-16-5-4-12-22-16/h2-3,6-11,16H,4-5,12-13H2,1H3,(H,20,21)/t16-/m1/s1. The Morgan fingerprint density at radius 1 is 1.25 bits per heavy atom. The van der Waals surface area contributed by atoms with Crippen LogP contribution in [0.25, 0.3) is 0 Å². The number of hydrogen-bond donors (Lipinski definition) is 1. The Morgan fingerprint density at radius 3 is 2.75 bits per heavy atom. The minimum Gasteiger partial charge on any atom is -0.491 e. The summed E-state index contributed by atoms with van der Waals surface area (Å²) >= 11 is 1.61. The first kappa shape index (κ1) is 16.9. The van der Waals surface area contributed by atoms with Crippen LogP contribution in [0, 0.1) is 0 Å². The zero-order chi connectivity index (χ0) is 16.8. The lowest BCUT2D eigenvalue weighted by Gasteiger charge is -2.12. The van der Waals surface area contributed by atoms with E-state index in [0.29, 0.717) is 12.2 Å². The summed E-state index contributed by atoms with van der Waals surface area (Å²) in [7, 11) is 0. The van der Waals surface area contributed by atoms with E-state index in [9.17, 15) is 4.79 Å². The van der Waals surface area contributed by atoms with Gasteiger partial charge in [-0.15, -0.1) is 11.8 Å². The smallest absolute Gasteiger partial charge is 0.255 e. The van der Waals surface area contributed by atoms with Crippen molar-refractivity contribution in [1.82, 2.24) is 0 Å². The van der Waals surface area contributed by atoms with Crippen LogP contribution < -0.4 is 10.1 Å². The number of ether oxygens (including phenoxy) is 2. The molecule has 1 amide bonds. The van der Waals surface area contributed by atoms with Crippen LogP contribution in [0.15, 0.2) is 53.4 Å². The summed E-state index contributed by atoms with van der Waals surface area (Å²) in [5.74, 6) is 0.633. The van der Waals surface area contributed by atoms with Gasteiger partial charge in [-0.2, -0.15) is 0 Å². The van der Waals surface area contributed by atoms with Crippen LogP contribution in [0.5, 0.6) is 5.75 Å². The van der Waals surface area contributed by atoms with Crippen molar-refractivity contribution in [3.63, 3.8) is 0 Å². The number of anilines is 1. The Labute approximate surface area is 146 Å². The Morgan fingerprint density at radius 2 is 2.04 bits per heavy atom. The molecule has 2 aromatic carbocycles. The highest BCUT2D eigenvalue weighted by Gasteiger charge is 2.16. The monoisotopic (exact) mass is 343 g/mol. The Kier molecular flexibility index (Phi) is 5.77. The topological polar surface area (TPSA) is 47.6 Å². The molecule has 0 bridgehead atoms. The van der Waals surface area contributed by atoms with E-state index in [4.69, 9.17) is 9.47 Å². The van der Waals surface area contributed by atoms with Gasteiger partial charge in [0.25, 0.3) is 5.91 Å². The van der Waals surface area contributed by atoms with Crippen molar-refractivity contribution in [3.05, 3.63) is 54.1 Å². The van der Waals surface area contributed by atoms with Crippen molar-refractivity contribution in [2.24, 2.45) is 0 Å². The van der Waals surface area contributed by atoms with Crippen molar-refractivity contribution < 1.29 is 14.3 Å². The lowest BCUT2D eigenvalue weighted by Crippen LogP contribution is -2.16. The zero-order valence-electron chi connectivity index (χ0n) is 13.7. The molecular formula is C19H21NO3S. The second-order valence-corrected chi connectivity index (χ2v) is 6.47. The lowest BCUT2D eigenvalue weighted by molar-refractivity contribution is 0.0679. The Bertz CT molecular complexity index is 681. The number of hydrogen-bond acceptors (Lipinski definition) is 4. The van der Waals surface area contributed by atoms with Gasteiger partial charge in [-0.25, -0.2) is 0 Å². The van der Waals surface area contributed by atoms with Gasteiger partial charge in [-0.05, 0) is 55.5 Å². The van der Waals surface area contributed by atoms with Gasteiger partial charge in [0.05, 0.1) is 11.8 Å². The minimum absolute atomic E-state index is 0.123. The number of para-hydroxylation sites is 1. The van der Waals surface area contributed by atoms with Gasteiger partial charge in [0, 0.05) is 17.1 Å². The maximum atomic E-state index is 12.4. The third-order valence-electron chi connectivity index (χ3n) is 3.93. The molecule has 0 aliphatic carbocycles. The van der Waals surface area contributed by atoms with E-state index >= 15 is 0 Å². The van der Waals surface area contributed by atoms with E-state index in [2.05, 4.69) is 5.32 Å². The van der Waals surface area contributed by atoms with E-state index in [1.165, 1.54) is 0 Å². The van der Waals surface area contributed by atoms with Crippen LogP contribution in [0.4, 0.5) is 5.69 Å². The molecule has 0 radical (unpaired) electrons. The molecule has 0 unspecified atom stereocenters. The van der Waals surface area contributed by atoms with Crippen molar-refractivity contribution in [3.8, 4) is 5.75 Å². The van der Waals surface area contributed by atoms with E-state index in [-0.39, 0.29) is 12.0 Å². The van der Waals surface area contributed by atoms with Gasteiger partial charge in [0.2, 0.25) is 0 Å². The van der Waals surface area contributed by atoms with Crippen molar-refractivity contribution in [2.45, 2.75) is 23.8 Å². The number of nitrogens with one attached hydrogen (secondary N) is 1. The molecule has 1 aliphatic rings.